The molecule has 2 aromatic carbocycles. The molecule has 1 aromatic heterocycles. The minimum absolute atomic E-state index is 0.215. The zero-order valence-electron chi connectivity index (χ0n) is 13.6. The number of nitrogens with zero attached hydrogens (tertiary/aromatic N) is 2. The van der Waals surface area contributed by atoms with Gasteiger partial charge in [-0.3, -0.25) is 9.48 Å². The van der Waals surface area contributed by atoms with Gasteiger partial charge in [0.1, 0.15) is 5.69 Å². The van der Waals surface area contributed by atoms with Crippen LogP contribution in [0.2, 0.25) is 0 Å². The fourth-order valence-electron chi connectivity index (χ4n) is 2.47. The van der Waals surface area contributed by atoms with Crippen LogP contribution in [0.15, 0.2) is 66.9 Å². The van der Waals surface area contributed by atoms with Gasteiger partial charge in [-0.1, -0.05) is 60.7 Å². The van der Waals surface area contributed by atoms with E-state index in [4.69, 9.17) is 0 Å². The first-order valence-corrected chi connectivity index (χ1v) is 9.50. The van der Waals surface area contributed by atoms with Crippen LogP contribution in [0.3, 0.4) is 0 Å². The van der Waals surface area contributed by atoms with Crippen molar-refractivity contribution in [1.82, 2.24) is 14.5 Å². The topological polar surface area (TPSA) is 81.1 Å². The number of hydrogen-bond acceptors (Lipinski definition) is 4. The molecule has 3 rings (SSSR count). The zero-order valence-corrected chi connectivity index (χ0v) is 14.4. The SMILES string of the molecule is CS(=O)(=O)NC(=O)c1cn(Cc2ccccc2)nc1-c1ccccc1. The van der Waals surface area contributed by atoms with Crippen molar-refractivity contribution in [1.29, 1.82) is 0 Å². The van der Waals surface area contributed by atoms with Crippen LogP contribution in [0.4, 0.5) is 0 Å². The predicted octanol–water partition coefficient (Wildman–Crippen LogP) is 2.29. The van der Waals surface area contributed by atoms with Gasteiger partial charge in [0.15, 0.2) is 0 Å². The second-order valence-electron chi connectivity index (χ2n) is 5.64. The summed E-state index contributed by atoms with van der Waals surface area (Å²) in [6, 6.07) is 18.9. The van der Waals surface area contributed by atoms with E-state index in [0.29, 0.717) is 12.2 Å². The maximum absolute atomic E-state index is 12.4. The first-order chi connectivity index (χ1) is 11.9. The molecule has 0 saturated heterocycles. The van der Waals surface area contributed by atoms with Gasteiger partial charge in [-0.05, 0) is 5.56 Å². The molecule has 25 heavy (non-hydrogen) atoms. The molecule has 1 amide bonds. The Morgan fingerprint density at radius 3 is 2.24 bits per heavy atom. The summed E-state index contributed by atoms with van der Waals surface area (Å²) < 4.78 is 26.4. The van der Waals surface area contributed by atoms with Gasteiger partial charge < -0.3 is 0 Å². The average molecular weight is 355 g/mol. The van der Waals surface area contributed by atoms with Crippen LogP contribution in [0.5, 0.6) is 0 Å². The Balaban J connectivity index is 2.01. The lowest BCUT2D eigenvalue weighted by Crippen LogP contribution is -2.29. The summed E-state index contributed by atoms with van der Waals surface area (Å²) in [7, 11) is -3.66. The fraction of sp³-hybridized carbons (Fsp3) is 0.111. The molecule has 1 heterocycles. The monoisotopic (exact) mass is 355 g/mol. The van der Waals surface area contributed by atoms with E-state index in [2.05, 4.69) is 5.10 Å². The molecule has 0 unspecified atom stereocenters. The first kappa shape index (κ1) is 16.9. The van der Waals surface area contributed by atoms with E-state index in [1.807, 2.05) is 65.4 Å². The van der Waals surface area contributed by atoms with E-state index in [1.165, 1.54) is 0 Å². The summed E-state index contributed by atoms with van der Waals surface area (Å²) in [5, 5.41) is 4.49. The Morgan fingerprint density at radius 1 is 1.04 bits per heavy atom. The molecule has 0 radical (unpaired) electrons. The number of carbonyl (C=O) groups excluding carboxylic acids is 1. The Labute approximate surface area is 146 Å². The molecule has 128 valence electrons. The fourth-order valence-corrected chi connectivity index (χ4v) is 2.92. The van der Waals surface area contributed by atoms with Crippen molar-refractivity contribution >= 4 is 15.9 Å². The Morgan fingerprint density at radius 2 is 1.64 bits per heavy atom. The van der Waals surface area contributed by atoms with Crippen molar-refractivity contribution in [3.63, 3.8) is 0 Å². The molecule has 7 heteroatoms. The van der Waals surface area contributed by atoms with Crippen LogP contribution < -0.4 is 4.72 Å². The van der Waals surface area contributed by atoms with Crippen LogP contribution in [0.25, 0.3) is 11.3 Å². The van der Waals surface area contributed by atoms with Gasteiger partial charge in [0.25, 0.3) is 5.91 Å². The van der Waals surface area contributed by atoms with Crippen molar-refractivity contribution in [3.8, 4) is 11.3 Å². The maximum atomic E-state index is 12.4. The Hall–Kier alpha value is -2.93. The number of nitrogens with one attached hydrogen (secondary N) is 1. The molecule has 0 aliphatic carbocycles. The van der Waals surface area contributed by atoms with Crippen LogP contribution >= 0.6 is 0 Å². The van der Waals surface area contributed by atoms with E-state index in [9.17, 15) is 13.2 Å². The molecule has 0 atom stereocenters. The van der Waals surface area contributed by atoms with E-state index >= 15 is 0 Å². The number of rotatable bonds is 5. The highest BCUT2D eigenvalue weighted by Crippen LogP contribution is 2.22. The highest BCUT2D eigenvalue weighted by molar-refractivity contribution is 7.89. The van der Waals surface area contributed by atoms with Gasteiger partial charge in [0.05, 0.1) is 18.4 Å². The number of amides is 1. The molecule has 0 fully saturated rings. The second-order valence-corrected chi connectivity index (χ2v) is 7.39. The van der Waals surface area contributed by atoms with Crippen LogP contribution in [0, 0.1) is 0 Å². The van der Waals surface area contributed by atoms with Crippen molar-refractivity contribution in [3.05, 3.63) is 78.0 Å². The van der Waals surface area contributed by atoms with Crippen LogP contribution in [-0.2, 0) is 16.6 Å². The third kappa shape index (κ3) is 4.33. The van der Waals surface area contributed by atoms with Gasteiger partial charge in [0, 0.05) is 11.8 Å². The maximum Gasteiger partial charge on any atom is 0.268 e. The molecule has 0 aliphatic rings. The molecule has 0 aliphatic heterocycles. The Bertz CT molecular complexity index is 981. The van der Waals surface area contributed by atoms with Crippen LogP contribution in [0.1, 0.15) is 15.9 Å². The number of benzene rings is 2. The van der Waals surface area contributed by atoms with Crippen molar-refractivity contribution in [2.45, 2.75) is 6.54 Å². The van der Waals surface area contributed by atoms with Crippen molar-refractivity contribution < 1.29 is 13.2 Å². The second kappa shape index (κ2) is 6.90. The highest BCUT2D eigenvalue weighted by Gasteiger charge is 2.20. The van der Waals surface area contributed by atoms with Crippen molar-refractivity contribution in [2.24, 2.45) is 0 Å². The third-order valence-corrected chi connectivity index (χ3v) is 4.08. The average Bonchev–Trinajstić information content (AvgIpc) is 2.99. The number of sulfonamides is 1. The van der Waals surface area contributed by atoms with Gasteiger partial charge >= 0.3 is 0 Å². The lowest BCUT2D eigenvalue weighted by Gasteiger charge is -2.03. The smallest absolute Gasteiger partial charge is 0.268 e. The molecule has 0 spiro atoms. The summed E-state index contributed by atoms with van der Waals surface area (Å²) in [5.74, 6) is -0.694. The molecular weight excluding hydrogens is 338 g/mol. The third-order valence-electron chi connectivity index (χ3n) is 3.52. The lowest BCUT2D eigenvalue weighted by atomic mass is 10.1. The highest BCUT2D eigenvalue weighted by atomic mass is 32.2. The standard InChI is InChI=1S/C18H17N3O3S/c1-25(23,24)20-18(22)16-13-21(12-14-8-4-2-5-9-14)19-17(16)15-10-6-3-7-11-15/h2-11,13H,12H2,1H3,(H,20,22). The summed E-state index contributed by atoms with van der Waals surface area (Å²) in [4.78, 5) is 12.4. The van der Waals surface area contributed by atoms with E-state index in [0.717, 1.165) is 17.4 Å². The summed E-state index contributed by atoms with van der Waals surface area (Å²) in [6.07, 6.45) is 2.51. The van der Waals surface area contributed by atoms with Crippen LogP contribution in [-0.4, -0.2) is 30.4 Å². The largest absolute Gasteiger partial charge is 0.268 e. The van der Waals surface area contributed by atoms with Gasteiger partial charge in [-0.2, -0.15) is 5.10 Å². The van der Waals surface area contributed by atoms with Crippen molar-refractivity contribution in [2.75, 3.05) is 6.26 Å². The quantitative estimate of drug-likeness (QED) is 0.761. The molecule has 1 N–H and O–H groups in total. The Kier molecular flexibility index (Phi) is 4.67. The number of hydrogen-bond donors (Lipinski definition) is 1. The first-order valence-electron chi connectivity index (χ1n) is 7.61. The molecule has 0 saturated carbocycles. The summed E-state index contributed by atoms with van der Waals surface area (Å²) >= 11 is 0. The minimum Gasteiger partial charge on any atom is -0.268 e. The normalized spacial score (nSPS) is 11.2. The number of aromatic nitrogens is 2. The molecule has 6 nitrogen and oxygen atoms in total. The van der Waals surface area contributed by atoms with E-state index in [1.54, 1.807) is 10.9 Å². The minimum atomic E-state index is -3.66. The van der Waals surface area contributed by atoms with Gasteiger partial charge in [-0.15, -0.1) is 0 Å². The molecule has 3 aromatic rings. The van der Waals surface area contributed by atoms with E-state index in [-0.39, 0.29) is 5.56 Å². The number of carbonyl (C=O) groups is 1. The summed E-state index contributed by atoms with van der Waals surface area (Å²) in [6.45, 7) is 0.479. The molecular formula is C18H17N3O3S. The van der Waals surface area contributed by atoms with E-state index < -0.39 is 15.9 Å². The lowest BCUT2D eigenvalue weighted by molar-refractivity contribution is 0.0982. The van der Waals surface area contributed by atoms with Gasteiger partial charge in [0.2, 0.25) is 10.0 Å². The predicted molar refractivity (Wildman–Crippen MR) is 95.5 cm³/mol. The summed E-state index contributed by atoms with van der Waals surface area (Å²) in [5.41, 5.74) is 2.43. The molecule has 0 bridgehead atoms. The zero-order chi connectivity index (χ0) is 17.9. The van der Waals surface area contributed by atoms with Gasteiger partial charge in [-0.25, -0.2) is 13.1 Å².